The third-order valence-electron chi connectivity index (χ3n) is 6.83. The molecule has 7 nitrogen and oxygen atoms in total. The fourth-order valence-electron chi connectivity index (χ4n) is 4.76. The number of piperidine rings is 1. The van der Waals surface area contributed by atoms with Crippen LogP contribution in [0, 0.1) is 5.92 Å². The molecule has 3 fully saturated rings. The van der Waals surface area contributed by atoms with Crippen LogP contribution in [-0.4, -0.2) is 70.9 Å². The molecule has 4 amide bonds. The van der Waals surface area contributed by atoms with Gasteiger partial charge in [0.1, 0.15) is 5.54 Å². The van der Waals surface area contributed by atoms with E-state index < -0.39 is 5.54 Å². The molecule has 162 valence electrons. The second-order valence-corrected chi connectivity index (χ2v) is 8.49. The number of hydrogen-bond donors (Lipinski definition) is 0. The molecule has 7 heteroatoms. The molecule has 1 saturated carbocycles. The van der Waals surface area contributed by atoms with Crippen molar-refractivity contribution in [1.29, 1.82) is 0 Å². The van der Waals surface area contributed by atoms with E-state index in [4.69, 9.17) is 4.74 Å². The predicted molar refractivity (Wildman–Crippen MR) is 111 cm³/mol. The first-order valence-corrected chi connectivity index (χ1v) is 11.1. The van der Waals surface area contributed by atoms with E-state index in [-0.39, 0.29) is 30.3 Å². The average Bonchev–Trinajstić information content (AvgIpc) is 2.90. The van der Waals surface area contributed by atoms with E-state index in [0.29, 0.717) is 45.7 Å². The number of likely N-dealkylation sites (tertiary alicyclic amines) is 1. The average molecular weight is 414 g/mol. The van der Waals surface area contributed by atoms with Gasteiger partial charge in [-0.1, -0.05) is 36.8 Å². The number of amides is 4. The Kier molecular flexibility index (Phi) is 6.09. The van der Waals surface area contributed by atoms with Crippen LogP contribution in [0.25, 0.3) is 0 Å². The van der Waals surface area contributed by atoms with Gasteiger partial charge in [0.15, 0.2) is 0 Å². The molecule has 2 aliphatic heterocycles. The summed E-state index contributed by atoms with van der Waals surface area (Å²) in [6.45, 7) is 4.50. The summed E-state index contributed by atoms with van der Waals surface area (Å²) in [7, 11) is 0. The lowest BCUT2D eigenvalue weighted by molar-refractivity contribution is -0.145. The van der Waals surface area contributed by atoms with Gasteiger partial charge in [-0.25, -0.2) is 4.79 Å². The van der Waals surface area contributed by atoms with Gasteiger partial charge in [0.05, 0.1) is 13.2 Å². The largest absolute Gasteiger partial charge is 0.380 e. The number of ether oxygens (including phenoxy) is 1. The summed E-state index contributed by atoms with van der Waals surface area (Å²) >= 11 is 0. The van der Waals surface area contributed by atoms with Crippen LogP contribution in [0.5, 0.6) is 0 Å². The van der Waals surface area contributed by atoms with Crippen molar-refractivity contribution in [3.63, 3.8) is 0 Å². The summed E-state index contributed by atoms with van der Waals surface area (Å²) in [4.78, 5) is 44.4. The quantitative estimate of drug-likeness (QED) is 0.509. The van der Waals surface area contributed by atoms with Gasteiger partial charge in [-0.05, 0) is 38.2 Å². The smallest absolute Gasteiger partial charge is 0.328 e. The van der Waals surface area contributed by atoms with Gasteiger partial charge >= 0.3 is 6.03 Å². The number of rotatable bonds is 7. The first kappa shape index (κ1) is 20.8. The van der Waals surface area contributed by atoms with Gasteiger partial charge in [0.25, 0.3) is 5.91 Å². The van der Waals surface area contributed by atoms with Crippen LogP contribution in [0.15, 0.2) is 30.3 Å². The fraction of sp³-hybridized carbons (Fsp3) is 0.609. The molecule has 0 N–H and O–H groups in total. The van der Waals surface area contributed by atoms with Crippen molar-refractivity contribution < 1.29 is 19.1 Å². The van der Waals surface area contributed by atoms with Crippen LogP contribution in [0.2, 0.25) is 0 Å². The van der Waals surface area contributed by atoms with Gasteiger partial charge in [-0.2, -0.15) is 0 Å². The lowest BCUT2D eigenvalue weighted by Crippen LogP contribution is -2.58. The van der Waals surface area contributed by atoms with Crippen molar-refractivity contribution in [2.24, 2.45) is 5.92 Å². The molecule has 0 bridgehead atoms. The van der Waals surface area contributed by atoms with Gasteiger partial charge in [-0.15, -0.1) is 0 Å². The molecule has 1 spiro atoms. The van der Waals surface area contributed by atoms with Crippen LogP contribution >= 0.6 is 0 Å². The van der Waals surface area contributed by atoms with Crippen molar-refractivity contribution in [2.75, 3.05) is 32.8 Å². The SMILES string of the molecule is CCOCCN1C(=O)N(Cc2ccccc2)C2(CCN(C(=O)C3CCC3)CC2)C1=O. The normalized spacial score (nSPS) is 21.4. The molecular formula is C23H31N3O4. The number of carbonyl (C=O) groups excluding carboxylic acids is 3. The number of nitrogens with zero attached hydrogens (tertiary/aromatic N) is 3. The summed E-state index contributed by atoms with van der Waals surface area (Å²) in [5.74, 6) is 0.234. The first-order valence-electron chi connectivity index (χ1n) is 11.1. The topological polar surface area (TPSA) is 70.2 Å². The lowest BCUT2D eigenvalue weighted by Gasteiger charge is -2.43. The van der Waals surface area contributed by atoms with E-state index in [9.17, 15) is 14.4 Å². The third-order valence-corrected chi connectivity index (χ3v) is 6.83. The van der Waals surface area contributed by atoms with Crippen molar-refractivity contribution >= 4 is 17.8 Å². The number of imide groups is 1. The monoisotopic (exact) mass is 413 g/mol. The minimum Gasteiger partial charge on any atom is -0.380 e. The van der Waals surface area contributed by atoms with Gasteiger partial charge < -0.3 is 14.5 Å². The number of urea groups is 1. The Morgan fingerprint density at radius 2 is 1.83 bits per heavy atom. The highest BCUT2D eigenvalue weighted by molar-refractivity contribution is 6.07. The lowest BCUT2D eigenvalue weighted by atomic mass is 9.81. The maximum absolute atomic E-state index is 13.5. The van der Waals surface area contributed by atoms with Crippen LogP contribution in [-0.2, 0) is 20.9 Å². The number of hydrogen-bond acceptors (Lipinski definition) is 4. The van der Waals surface area contributed by atoms with Crippen LogP contribution in [0.3, 0.4) is 0 Å². The molecule has 0 radical (unpaired) electrons. The van der Waals surface area contributed by atoms with Crippen molar-refractivity contribution in [2.45, 2.75) is 51.1 Å². The summed E-state index contributed by atoms with van der Waals surface area (Å²) in [6.07, 6.45) is 4.06. The van der Waals surface area contributed by atoms with Crippen LogP contribution in [0.4, 0.5) is 4.79 Å². The van der Waals surface area contributed by atoms with E-state index in [2.05, 4.69) is 0 Å². The minimum absolute atomic E-state index is 0.140. The molecule has 1 aromatic rings. The number of carbonyl (C=O) groups is 3. The summed E-state index contributed by atoms with van der Waals surface area (Å²) in [6, 6.07) is 9.53. The summed E-state index contributed by atoms with van der Waals surface area (Å²) in [5, 5.41) is 0. The molecule has 30 heavy (non-hydrogen) atoms. The van der Waals surface area contributed by atoms with Crippen molar-refractivity contribution in [3.8, 4) is 0 Å². The first-order chi connectivity index (χ1) is 14.6. The molecule has 2 saturated heterocycles. The standard InChI is InChI=1S/C23H31N3O4/c1-2-30-16-15-25-21(28)23(26(22(25)29)17-18-7-4-3-5-8-18)11-13-24(14-12-23)20(27)19-9-6-10-19/h3-5,7-8,19H,2,6,9-17H2,1H3. The highest BCUT2D eigenvalue weighted by Crippen LogP contribution is 2.39. The zero-order valence-electron chi connectivity index (χ0n) is 17.7. The van der Waals surface area contributed by atoms with Gasteiger partial charge in [0, 0.05) is 32.2 Å². The van der Waals surface area contributed by atoms with Gasteiger partial charge in [-0.3, -0.25) is 14.5 Å². The Hall–Kier alpha value is -2.41. The fourth-order valence-corrected chi connectivity index (χ4v) is 4.76. The van der Waals surface area contributed by atoms with E-state index in [0.717, 1.165) is 24.8 Å². The van der Waals surface area contributed by atoms with E-state index in [1.807, 2.05) is 42.2 Å². The van der Waals surface area contributed by atoms with Crippen LogP contribution < -0.4 is 0 Å². The Balaban J connectivity index is 1.53. The maximum atomic E-state index is 13.5. The zero-order valence-corrected chi connectivity index (χ0v) is 17.7. The highest BCUT2D eigenvalue weighted by atomic mass is 16.5. The molecule has 1 aliphatic carbocycles. The second-order valence-electron chi connectivity index (χ2n) is 8.49. The molecule has 0 atom stereocenters. The van der Waals surface area contributed by atoms with E-state index in [1.54, 1.807) is 4.90 Å². The molecular weight excluding hydrogens is 382 g/mol. The molecule has 2 heterocycles. The molecule has 0 unspecified atom stereocenters. The van der Waals surface area contributed by atoms with Gasteiger partial charge in [0.2, 0.25) is 5.91 Å². The Morgan fingerprint density at radius 1 is 1.13 bits per heavy atom. The Morgan fingerprint density at radius 3 is 2.43 bits per heavy atom. The highest BCUT2D eigenvalue weighted by Gasteiger charge is 2.58. The van der Waals surface area contributed by atoms with E-state index >= 15 is 0 Å². The Labute approximate surface area is 177 Å². The summed E-state index contributed by atoms with van der Waals surface area (Å²) < 4.78 is 5.40. The zero-order chi connectivity index (χ0) is 21.1. The molecule has 0 aromatic heterocycles. The second kappa shape index (κ2) is 8.76. The molecule has 3 aliphatic rings. The molecule has 4 rings (SSSR count). The summed E-state index contributed by atoms with van der Waals surface area (Å²) in [5.41, 5.74) is 0.132. The number of benzene rings is 1. The minimum atomic E-state index is -0.866. The predicted octanol–water partition coefficient (Wildman–Crippen LogP) is 2.65. The van der Waals surface area contributed by atoms with Crippen LogP contribution in [0.1, 0.15) is 44.6 Å². The van der Waals surface area contributed by atoms with Crippen molar-refractivity contribution in [1.82, 2.24) is 14.7 Å². The van der Waals surface area contributed by atoms with E-state index in [1.165, 1.54) is 4.90 Å². The molecule has 1 aromatic carbocycles. The van der Waals surface area contributed by atoms with Crippen molar-refractivity contribution in [3.05, 3.63) is 35.9 Å². The third kappa shape index (κ3) is 3.71. The Bertz CT molecular complexity index is 785. The maximum Gasteiger partial charge on any atom is 0.328 e.